The number of furan rings is 1. The van der Waals surface area contributed by atoms with Gasteiger partial charge in [-0.05, 0) is 42.0 Å². The molecule has 3 heterocycles. The molecule has 1 amide bonds. The molecule has 0 saturated carbocycles. The standard InChI is InChI=1S/C25H21F3N4O3S/c26-25(27,28)18-6-3-7-19(15-18)32-22(21-9-4-12-35-21)29-30-24(32)36-16-17-5-1-2-8-20(17)23(33)31-10-13-34-14-11-31/h1-9,12,15H,10-11,13-14,16H2. The summed E-state index contributed by atoms with van der Waals surface area (Å²) in [5, 5.41) is 8.81. The number of nitrogens with zero attached hydrogens (tertiary/aromatic N) is 4. The summed E-state index contributed by atoms with van der Waals surface area (Å²) in [4.78, 5) is 14.9. The van der Waals surface area contributed by atoms with Gasteiger partial charge in [0.25, 0.3) is 5.91 Å². The first-order chi connectivity index (χ1) is 17.4. The zero-order chi connectivity index (χ0) is 25.1. The van der Waals surface area contributed by atoms with Gasteiger partial charge in [-0.3, -0.25) is 9.36 Å². The van der Waals surface area contributed by atoms with Crippen molar-refractivity contribution in [2.24, 2.45) is 0 Å². The molecule has 1 aliphatic rings. The number of carbonyl (C=O) groups is 1. The van der Waals surface area contributed by atoms with Gasteiger partial charge in [-0.25, -0.2) is 0 Å². The van der Waals surface area contributed by atoms with Crippen LogP contribution in [0.4, 0.5) is 13.2 Å². The minimum absolute atomic E-state index is 0.0786. The van der Waals surface area contributed by atoms with E-state index in [0.29, 0.717) is 48.5 Å². The van der Waals surface area contributed by atoms with Crippen molar-refractivity contribution in [1.82, 2.24) is 19.7 Å². The van der Waals surface area contributed by atoms with Crippen molar-refractivity contribution >= 4 is 17.7 Å². The van der Waals surface area contributed by atoms with Crippen LogP contribution in [-0.4, -0.2) is 51.9 Å². The van der Waals surface area contributed by atoms with Gasteiger partial charge in [0, 0.05) is 24.4 Å². The Kier molecular flexibility index (Phi) is 6.84. The van der Waals surface area contributed by atoms with Gasteiger partial charge in [0.2, 0.25) is 5.82 Å². The maximum atomic E-state index is 13.4. The Bertz CT molecular complexity index is 1350. The van der Waals surface area contributed by atoms with Crippen LogP contribution in [0.25, 0.3) is 17.3 Å². The maximum Gasteiger partial charge on any atom is 0.416 e. The zero-order valence-corrected chi connectivity index (χ0v) is 19.8. The highest BCUT2D eigenvalue weighted by Gasteiger charge is 2.31. The number of morpholine rings is 1. The van der Waals surface area contributed by atoms with E-state index in [9.17, 15) is 18.0 Å². The number of halogens is 3. The number of amides is 1. The van der Waals surface area contributed by atoms with Crippen molar-refractivity contribution in [3.63, 3.8) is 0 Å². The molecule has 0 N–H and O–H groups in total. The van der Waals surface area contributed by atoms with Crippen LogP contribution in [0.5, 0.6) is 0 Å². The zero-order valence-electron chi connectivity index (χ0n) is 18.9. The fraction of sp³-hybridized carbons (Fsp3) is 0.240. The summed E-state index contributed by atoms with van der Waals surface area (Å²) >= 11 is 1.28. The van der Waals surface area contributed by atoms with Gasteiger partial charge in [-0.15, -0.1) is 10.2 Å². The molecule has 2 aromatic heterocycles. The lowest BCUT2D eigenvalue weighted by Gasteiger charge is -2.27. The van der Waals surface area contributed by atoms with Gasteiger partial charge in [0.05, 0.1) is 30.7 Å². The molecular formula is C25H21F3N4O3S. The molecule has 1 fully saturated rings. The number of aromatic nitrogens is 3. The van der Waals surface area contributed by atoms with Crippen molar-refractivity contribution in [2.75, 3.05) is 26.3 Å². The van der Waals surface area contributed by atoms with E-state index in [1.54, 1.807) is 29.2 Å². The predicted molar refractivity (Wildman–Crippen MR) is 127 cm³/mol. The Morgan fingerprint density at radius 2 is 1.81 bits per heavy atom. The number of thioether (sulfide) groups is 1. The molecule has 0 spiro atoms. The van der Waals surface area contributed by atoms with Crippen LogP contribution in [0.1, 0.15) is 21.5 Å². The number of rotatable bonds is 6. The molecule has 4 aromatic rings. The van der Waals surface area contributed by atoms with E-state index in [4.69, 9.17) is 9.15 Å². The molecule has 36 heavy (non-hydrogen) atoms. The number of benzene rings is 2. The minimum atomic E-state index is -4.50. The number of hydrogen-bond acceptors (Lipinski definition) is 6. The lowest BCUT2D eigenvalue weighted by atomic mass is 10.1. The van der Waals surface area contributed by atoms with Crippen LogP contribution in [-0.2, 0) is 16.7 Å². The lowest BCUT2D eigenvalue weighted by Crippen LogP contribution is -2.41. The molecule has 2 aromatic carbocycles. The summed E-state index contributed by atoms with van der Waals surface area (Å²) in [7, 11) is 0. The highest BCUT2D eigenvalue weighted by Crippen LogP contribution is 2.34. The van der Waals surface area contributed by atoms with E-state index in [1.807, 2.05) is 18.2 Å². The predicted octanol–water partition coefficient (Wildman–Crippen LogP) is 5.31. The molecule has 0 unspecified atom stereocenters. The van der Waals surface area contributed by atoms with Crippen LogP contribution in [0, 0.1) is 0 Å². The average Bonchev–Trinajstić information content (AvgIpc) is 3.57. The molecule has 0 bridgehead atoms. The van der Waals surface area contributed by atoms with E-state index in [-0.39, 0.29) is 17.4 Å². The summed E-state index contributed by atoms with van der Waals surface area (Å²) in [6.07, 6.45) is -3.04. The fourth-order valence-corrected chi connectivity index (χ4v) is 4.87. The first kappa shape index (κ1) is 24.1. The minimum Gasteiger partial charge on any atom is -0.461 e. The molecule has 186 valence electrons. The quantitative estimate of drug-likeness (QED) is 0.325. The third kappa shape index (κ3) is 5.02. The van der Waals surface area contributed by atoms with E-state index in [1.165, 1.54) is 28.7 Å². The topological polar surface area (TPSA) is 73.4 Å². The number of carbonyl (C=O) groups excluding carboxylic acids is 1. The van der Waals surface area contributed by atoms with Crippen LogP contribution < -0.4 is 0 Å². The second-order valence-electron chi connectivity index (χ2n) is 8.02. The van der Waals surface area contributed by atoms with Gasteiger partial charge in [-0.1, -0.05) is 36.0 Å². The van der Waals surface area contributed by atoms with Gasteiger partial charge >= 0.3 is 6.18 Å². The van der Waals surface area contributed by atoms with Gasteiger partial charge < -0.3 is 14.1 Å². The van der Waals surface area contributed by atoms with Crippen molar-refractivity contribution in [3.05, 3.63) is 83.6 Å². The molecular weight excluding hydrogens is 493 g/mol. The number of alkyl halides is 3. The molecule has 5 rings (SSSR count). The second kappa shape index (κ2) is 10.2. The van der Waals surface area contributed by atoms with E-state index < -0.39 is 11.7 Å². The molecule has 1 aliphatic heterocycles. The molecule has 7 nitrogen and oxygen atoms in total. The number of hydrogen-bond donors (Lipinski definition) is 0. The average molecular weight is 515 g/mol. The van der Waals surface area contributed by atoms with E-state index in [2.05, 4.69) is 10.2 Å². The van der Waals surface area contributed by atoms with Crippen molar-refractivity contribution < 1.29 is 27.1 Å². The first-order valence-electron chi connectivity index (χ1n) is 11.2. The van der Waals surface area contributed by atoms with E-state index >= 15 is 0 Å². The van der Waals surface area contributed by atoms with Gasteiger partial charge in [-0.2, -0.15) is 13.2 Å². The Labute approximate surface area is 208 Å². The highest BCUT2D eigenvalue weighted by atomic mass is 32.2. The summed E-state index contributed by atoms with van der Waals surface area (Å²) in [6.45, 7) is 2.05. The van der Waals surface area contributed by atoms with E-state index in [0.717, 1.165) is 17.7 Å². The largest absolute Gasteiger partial charge is 0.461 e. The third-order valence-corrected chi connectivity index (χ3v) is 6.69. The van der Waals surface area contributed by atoms with Crippen molar-refractivity contribution in [3.8, 4) is 17.3 Å². The Balaban J connectivity index is 1.48. The fourth-order valence-electron chi connectivity index (χ4n) is 3.92. The monoisotopic (exact) mass is 514 g/mol. The maximum absolute atomic E-state index is 13.4. The number of ether oxygens (including phenoxy) is 1. The van der Waals surface area contributed by atoms with Crippen LogP contribution in [0.15, 0.2) is 76.5 Å². The lowest BCUT2D eigenvalue weighted by molar-refractivity contribution is -0.137. The Hall–Kier alpha value is -3.57. The summed E-state index contributed by atoms with van der Waals surface area (Å²) in [5.74, 6) is 0.931. The van der Waals surface area contributed by atoms with Crippen LogP contribution >= 0.6 is 11.8 Å². The summed E-state index contributed by atoms with van der Waals surface area (Å²) < 4.78 is 52.6. The second-order valence-corrected chi connectivity index (χ2v) is 8.96. The summed E-state index contributed by atoms with van der Waals surface area (Å²) in [6, 6.07) is 15.6. The highest BCUT2D eigenvalue weighted by molar-refractivity contribution is 7.98. The molecule has 11 heteroatoms. The third-order valence-electron chi connectivity index (χ3n) is 5.71. The van der Waals surface area contributed by atoms with Crippen molar-refractivity contribution in [2.45, 2.75) is 17.1 Å². The SMILES string of the molecule is O=C(c1ccccc1CSc1nnc(-c2ccco2)n1-c1cccc(C(F)(F)F)c1)N1CCOCC1. The Morgan fingerprint density at radius 1 is 1.00 bits per heavy atom. The molecule has 0 aliphatic carbocycles. The first-order valence-corrected chi connectivity index (χ1v) is 12.1. The normalized spacial score (nSPS) is 14.2. The van der Waals surface area contributed by atoms with Gasteiger partial charge in [0.15, 0.2) is 10.9 Å². The summed E-state index contributed by atoms with van der Waals surface area (Å²) in [5.41, 5.74) is 0.832. The van der Waals surface area contributed by atoms with Gasteiger partial charge in [0.1, 0.15) is 0 Å². The Morgan fingerprint density at radius 3 is 2.56 bits per heavy atom. The molecule has 1 saturated heterocycles. The van der Waals surface area contributed by atoms with Crippen molar-refractivity contribution in [1.29, 1.82) is 0 Å². The molecule has 0 radical (unpaired) electrons. The molecule has 0 atom stereocenters. The smallest absolute Gasteiger partial charge is 0.416 e. The van der Waals surface area contributed by atoms with Crippen LogP contribution in [0.2, 0.25) is 0 Å². The van der Waals surface area contributed by atoms with Crippen LogP contribution in [0.3, 0.4) is 0 Å².